The third-order valence-corrected chi connectivity index (χ3v) is 9.00. The van der Waals surface area contributed by atoms with Gasteiger partial charge in [-0.2, -0.15) is 0 Å². The van der Waals surface area contributed by atoms with Crippen molar-refractivity contribution in [1.29, 1.82) is 0 Å². The van der Waals surface area contributed by atoms with E-state index in [1.165, 1.54) is 0 Å². The fraction of sp³-hybridized carbons (Fsp3) is 0.375. The van der Waals surface area contributed by atoms with Crippen molar-refractivity contribution in [3.05, 3.63) is 144 Å². The fourth-order valence-electron chi connectivity index (χ4n) is 6.32. The lowest BCUT2D eigenvalue weighted by atomic mass is 9.97. The van der Waals surface area contributed by atoms with Crippen LogP contribution in [0.4, 0.5) is 0 Å². The molecule has 9 atom stereocenters. The van der Waals surface area contributed by atoms with Gasteiger partial charge in [0.1, 0.15) is 49.3 Å². The van der Waals surface area contributed by atoms with Gasteiger partial charge in [0.2, 0.25) is 0 Å². The number of fused-ring (bicyclic) bond motifs is 1. The van der Waals surface area contributed by atoms with Crippen molar-refractivity contribution in [2.45, 2.75) is 75.1 Å². The van der Waals surface area contributed by atoms with Crippen LogP contribution in [-0.4, -0.2) is 81.6 Å². The lowest BCUT2D eigenvalue weighted by Gasteiger charge is -2.45. The third kappa shape index (κ3) is 8.66. The van der Waals surface area contributed by atoms with E-state index in [4.69, 9.17) is 42.6 Å². The molecular formula is C40H42O10. The van der Waals surface area contributed by atoms with E-state index in [1.54, 1.807) is 31.4 Å². The van der Waals surface area contributed by atoms with Gasteiger partial charge in [-0.3, -0.25) is 0 Å². The zero-order valence-electron chi connectivity index (χ0n) is 27.9. The molecule has 0 aliphatic carbocycles. The molecule has 0 unspecified atom stereocenters. The summed E-state index contributed by atoms with van der Waals surface area (Å²) in [6.07, 6.45) is -4.81. The minimum atomic E-state index is -0.774. The zero-order valence-corrected chi connectivity index (χ0v) is 27.9. The minimum absolute atomic E-state index is 0.0546. The SMILES string of the molecule is CO[C@H]1O[C@H](CO[C@@H]2O[C@H](COC(=O)c3ccccc3)[C@@H]3O[C@H]23)[C@H](OCc2ccccc2)[C@H](OCc2ccccc2)[C@H]1OCc1ccccc1. The molecule has 0 aromatic heterocycles. The molecule has 10 heteroatoms. The lowest BCUT2D eigenvalue weighted by molar-refractivity contribution is -0.328. The lowest BCUT2D eigenvalue weighted by Crippen LogP contribution is -2.61. The van der Waals surface area contributed by atoms with Crippen LogP contribution in [0.5, 0.6) is 0 Å². The topological polar surface area (TPSA) is 103 Å². The Morgan fingerprint density at radius 2 is 1.02 bits per heavy atom. The van der Waals surface area contributed by atoms with Gasteiger partial charge in [0.25, 0.3) is 0 Å². The van der Waals surface area contributed by atoms with E-state index in [1.807, 2.05) is 97.1 Å². The van der Waals surface area contributed by atoms with Crippen LogP contribution in [0.1, 0.15) is 27.0 Å². The molecule has 50 heavy (non-hydrogen) atoms. The number of benzene rings is 4. The summed E-state index contributed by atoms with van der Waals surface area (Å²) in [6, 6.07) is 38.7. The van der Waals surface area contributed by atoms with Crippen LogP contribution in [0.25, 0.3) is 0 Å². The van der Waals surface area contributed by atoms with Crippen LogP contribution in [-0.2, 0) is 62.5 Å². The largest absolute Gasteiger partial charge is 0.459 e. The monoisotopic (exact) mass is 682 g/mol. The molecule has 10 nitrogen and oxygen atoms in total. The van der Waals surface area contributed by atoms with Gasteiger partial charge >= 0.3 is 5.97 Å². The van der Waals surface area contributed by atoms with Gasteiger partial charge in [0.15, 0.2) is 12.6 Å². The molecule has 7 rings (SSSR count). The number of carbonyl (C=O) groups excluding carboxylic acids is 1. The molecule has 0 bridgehead atoms. The Hall–Kier alpha value is -3.97. The van der Waals surface area contributed by atoms with Crippen LogP contribution >= 0.6 is 0 Å². The smallest absolute Gasteiger partial charge is 0.338 e. The Morgan fingerprint density at radius 1 is 0.520 bits per heavy atom. The third-order valence-electron chi connectivity index (χ3n) is 9.00. The summed E-state index contributed by atoms with van der Waals surface area (Å²) < 4.78 is 56.1. The molecule has 0 radical (unpaired) electrons. The first kappa shape index (κ1) is 34.5. The Kier molecular flexibility index (Phi) is 11.6. The summed E-state index contributed by atoms with van der Waals surface area (Å²) in [5, 5.41) is 0. The van der Waals surface area contributed by atoms with E-state index >= 15 is 0 Å². The molecule has 0 N–H and O–H groups in total. The van der Waals surface area contributed by atoms with Crippen molar-refractivity contribution in [3.8, 4) is 0 Å². The van der Waals surface area contributed by atoms with Crippen LogP contribution in [0.15, 0.2) is 121 Å². The molecular weight excluding hydrogens is 640 g/mol. The average Bonchev–Trinajstić information content (AvgIpc) is 3.90. The highest BCUT2D eigenvalue weighted by Crippen LogP contribution is 2.40. The van der Waals surface area contributed by atoms with Gasteiger partial charge in [-0.05, 0) is 28.8 Å². The molecule has 262 valence electrons. The molecule has 3 aliphatic rings. The number of carbonyl (C=O) groups is 1. The highest BCUT2D eigenvalue weighted by Gasteiger charge is 2.60. The Morgan fingerprint density at radius 3 is 1.58 bits per heavy atom. The van der Waals surface area contributed by atoms with Crippen LogP contribution in [0.2, 0.25) is 0 Å². The molecule has 4 aromatic rings. The number of esters is 1. The number of methoxy groups -OCH3 is 1. The summed E-state index contributed by atoms with van der Waals surface area (Å²) in [7, 11) is 1.59. The number of rotatable bonds is 16. The van der Waals surface area contributed by atoms with Gasteiger partial charge in [-0.1, -0.05) is 109 Å². The van der Waals surface area contributed by atoms with Crippen molar-refractivity contribution in [3.63, 3.8) is 0 Å². The quantitative estimate of drug-likeness (QED) is 0.112. The second kappa shape index (κ2) is 16.8. The predicted octanol–water partition coefficient (Wildman–Crippen LogP) is 5.48. The van der Waals surface area contributed by atoms with E-state index in [-0.39, 0.29) is 25.4 Å². The molecule has 0 saturated carbocycles. The van der Waals surface area contributed by atoms with E-state index in [2.05, 4.69) is 0 Å². The van der Waals surface area contributed by atoms with Gasteiger partial charge < -0.3 is 42.6 Å². The van der Waals surface area contributed by atoms with E-state index in [0.29, 0.717) is 25.4 Å². The normalized spacial score (nSPS) is 28.5. The molecule has 3 fully saturated rings. The van der Waals surface area contributed by atoms with E-state index in [0.717, 1.165) is 16.7 Å². The number of hydrogen-bond donors (Lipinski definition) is 0. The van der Waals surface area contributed by atoms with Gasteiger partial charge in [0, 0.05) is 7.11 Å². The Bertz CT molecular complexity index is 1610. The minimum Gasteiger partial charge on any atom is -0.459 e. The number of hydrogen-bond acceptors (Lipinski definition) is 10. The highest BCUT2D eigenvalue weighted by molar-refractivity contribution is 5.89. The van der Waals surface area contributed by atoms with Crippen molar-refractivity contribution in [2.75, 3.05) is 20.3 Å². The zero-order chi connectivity index (χ0) is 34.1. The summed E-state index contributed by atoms with van der Waals surface area (Å²) in [5.41, 5.74) is 3.51. The van der Waals surface area contributed by atoms with Gasteiger partial charge in [-0.15, -0.1) is 0 Å². The van der Waals surface area contributed by atoms with E-state index < -0.39 is 49.1 Å². The molecule has 3 saturated heterocycles. The summed E-state index contributed by atoms with van der Waals surface area (Å²) in [6.45, 7) is 1.14. The van der Waals surface area contributed by atoms with Crippen LogP contribution < -0.4 is 0 Å². The second-order valence-corrected chi connectivity index (χ2v) is 12.5. The average molecular weight is 683 g/mol. The van der Waals surface area contributed by atoms with Crippen LogP contribution in [0.3, 0.4) is 0 Å². The summed E-state index contributed by atoms with van der Waals surface area (Å²) in [5.74, 6) is -0.416. The molecule has 3 heterocycles. The highest BCUT2D eigenvalue weighted by atomic mass is 16.8. The number of ether oxygens (including phenoxy) is 9. The fourth-order valence-corrected chi connectivity index (χ4v) is 6.32. The Labute approximate surface area is 292 Å². The van der Waals surface area contributed by atoms with Crippen molar-refractivity contribution >= 4 is 5.97 Å². The van der Waals surface area contributed by atoms with Gasteiger partial charge in [-0.25, -0.2) is 4.79 Å². The molecule has 0 amide bonds. The van der Waals surface area contributed by atoms with Crippen LogP contribution in [0, 0.1) is 0 Å². The summed E-state index contributed by atoms with van der Waals surface area (Å²) in [4.78, 5) is 12.5. The molecule has 4 aromatic carbocycles. The Balaban J connectivity index is 1.06. The molecule has 3 aliphatic heterocycles. The first-order chi connectivity index (χ1) is 24.7. The van der Waals surface area contributed by atoms with Crippen molar-refractivity contribution in [1.82, 2.24) is 0 Å². The van der Waals surface area contributed by atoms with Gasteiger partial charge in [0.05, 0.1) is 32.0 Å². The maximum atomic E-state index is 12.5. The standard InChI is InChI=1S/C40H42O10/c1-42-39-36(45-24-29-18-10-4-11-19-29)35(44-23-28-16-8-3-9-17-28)33(43-22-27-14-6-2-7-15-27)31(48-39)26-47-40-37-34(50-37)32(49-40)25-46-38(41)30-20-12-5-13-21-30/h2-21,31-37,39-40H,22-26H2,1H3/t31-,32-,33+,34+,35+,36-,37+,39+,40-/m1/s1. The second-order valence-electron chi connectivity index (χ2n) is 12.5. The maximum absolute atomic E-state index is 12.5. The molecule has 0 spiro atoms. The summed E-state index contributed by atoms with van der Waals surface area (Å²) >= 11 is 0. The predicted molar refractivity (Wildman–Crippen MR) is 181 cm³/mol. The van der Waals surface area contributed by atoms with E-state index in [9.17, 15) is 4.79 Å². The maximum Gasteiger partial charge on any atom is 0.338 e. The first-order valence-corrected chi connectivity index (χ1v) is 17.0. The van der Waals surface area contributed by atoms with Crippen molar-refractivity contribution in [2.24, 2.45) is 0 Å². The van der Waals surface area contributed by atoms with Crippen molar-refractivity contribution < 1.29 is 47.4 Å². The first-order valence-electron chi connectivity index (χ1n) is 17.0. The number of epoxide rings is 1.